The maximum Gasteiger partial charge on any atom is 0.0944 e. The highest BCUT2D eigenvalue weighted by Crippen LogP contribution is 2.17. The Morgan fingerprint density at radius 1 is 1.45 bits per heavy atom. The predicted octanol–water partition coefficient (Wildman–Crippen LogP) is 1.61. The minimum atomic E-state index is 0.494. The summed E-state index contributed by atoms with van der Waals surface area (Å²) in [5.74, 6) is 0. The molecule has 0 amide bonds. The number of hydrogen-bond donors (Lipinski definition) is 1. The van der Waals surface area contributed by atoms with Crippen LogP contribution in [-0.4, -0.2) is 67.1 Å². The average Bonchev–Trinajstić information content (AvgIpc) is 2.83. The Hall–Kier alpha value is -0.490. The monoisotopic (exact) mass is 296 g/mol. The molecule has 0 bridgehead atoms. The second-order valence-corrected chi connectivity index (χ2v) is 6.90. The molecule has 4 nitrogen and oxygen atoms in total. The lowest BCUT2D eigenvalue weighted by molar-refractivity contribution is 0.0876. The van der Waals surface area contributed by atoms with Crippen LogP contribution in [0.4, 0.5) is 0 Å². The molecule has 2 unspecified atom stereocenters. The van der Waals surface area contributed by atoms with E-state index >= 15 is 0 Å². The maximum atomic E-state index is 4.64. The highest BCUT2D eigenvalue weighted by Gasteiger charge is 2.30. The third-order valence-electron chi connectivity index (χ3n) is 4.08. The van der Waals surface area contributed by atoms with Gasteiger partial charge in [-0.25, -0.2) is 4.98 Å². The van der Waals surface area contributed by atoms with E-state index in [4.69, 9.17) is 0 Å². The molecule has 0 saturated carbocycles. The van der Waals surface area contributed by atoms with E-state index in [9.17, 15) is 0 Å². The largest absolute Gasteiger partial charge is 0.312 e. The van der Waals surface area contributed by atoms with Crippen LogP contribution < -0.4 is 5.32 Å². The molecule has 0 radical (unpaired) electrons. The van der Waals surface area contributed by atoms with Gasteiger partial charge < -0.3 is 10.2 Å². The normalized spacial score (nSPS) is 23.1. The van der Waals surface area contributed by atoms with E-state index in [1.54, 1.807) is 11.3 Å². The van der Waals surface area contributed by atoms with Gasteiger partial charge in [0.25, 0.3) is 0 Å². The molecule has 2 heterocycles. The van der Waals surface area contributed by atoms with Crippen molar-refractivity contribution in [2.75, 3.05) is 40.3 Å². The van der Waals surface area contributed by atoms with Gasteiger partial charge in [-0.1, -0.05) is 6.92 Å². The first-order valence-electron chi connectivity index (χ1n) is 7.63. The number of nitrogens with zero attached hydrogens (tertiary/aromatic N) is 3. The number of likely N-dealkylation sites (N-methyl/N-ethyl adjacent to an activating group) is 2. The van der Waals surface area contributed by atoms with Gasteiger partial charge in [0.1, 0.15) is 0 Å². The molecular weight excluding hydrogens is 268 g/mol. The third-order valence-corrected chi connectivity index (χ3v) is 5.07. The van der Waals surface area contributed by atoms with Crippen molar-refractivity contribution in [3.8, 4) is 0 Å². The van der Waals surface area contributed by atoms with Gasteiger partial charge in [0.05, 0.1) is 5.01 Å². The standard InChI is InChI=1S/C15H28N4S/c1-5-6-16-13(9-15-17-12(2)11-20-15)14-10-18(3)7-8-19(14)4/h11,13-14,16H,5-10H2,1-4H3. The van der Waals surface area contributed by atoms with Crippen LogP contribution in [0.2, 0.25) is 0 Å². The summed E-state index contributed by atoms with van der Waals surface area (Å²) in [5, 5.41) is 7.16. The molecule has 0 spiro atoms. The van der Waals surface area contributed by atoms with Crippen molar-refractivity contribution in [2.45, 2.75) is 38.8 Å². The summed E-state index contributed by atoms with van der Waals surface area (Å²) in [4.78, 5) is 9.59. The number of rotatable bonds is 6. The number of thiazole rings is 1. The lowest BCUT2D eigenvalue weighted by Crippen LogP contribution is -2.59. The second-order valence-electron chi connectivity index (χ2n) is 5.96. The minimum absolute atomic E-state index is 0.494. The Labute approximate surface area is 127 Å². The molecule has 0 aliphatic carbocycles. The van der Waals surface area contributed by atoms with Crippen molar-refractivity contribution in [1.82, 2.24) is 20.1 Å². The van der Waals surface area contributed by atoms with E-state index in [1.165, 1.54) is 18.0 Å². The highest BCUT2D eigenvalue weighted by atomic mass is 32.1. The Morgan fingerprint density at radius 3 is 2.90 bits per heavy atom. The Kier molecular flexibility index (Phi) is 5.96. The van der Waals surface area contributed by atoms with Crippen LogP contribution in [0.3, 0.4) is 0 Å². The SMILES string of the molecule is CCCNC(Cc1nc(C)cs1)C1CN(C)CCN1C. The van der Waals surface area contributed by atoms with Gasteiger partial charge in [-0.3, -0.25) is 4.90 Å². The zero-order valence-electron chi connectivity index (χ0n) is 13.2. The number of nitrogens with one attached hydrogen (secondary N) is 1. The van der Waals surface area contributed by atoms with Crippen molar-refractivity contribution in [3.05, 3.63) is 16.1 Å². The molecule has 1 aliphatic rings. The van der Waals surface area contributed by atoms with E-state index in [2.05, 4.69) is 53.4 Å². The van der Waals surface area contributed by atoms with E-state index in [0.29, 0.717) is 12.1 Å². The number of piperazine rings is 1. The highest BCUT2D eigenvalue weighted by molar-refractivity contribution is 7.09. The van der Waals surface area contributed by atoms with Gasteiger partial charge in [-0.2, -0.15) is 0 Å². The first-order valence-corrected chi connectivity index (χ1v) is 8.51. The fourth-order valence-corrected chi connectivity index (χ4v) is 3.67. The molecule has 5 heteroatoms. The third kappa shape index (κ3) is 4.25. The molecular formula is C15H28N4S. The second kappa shape index (κ2) is 7.50. The van der Waals surface area contributed by atoms with Crippen molar-refractivity contribution in [3.63, 3.8) is 0 Å². The van der Waals surface area contributed by atoms with Crippen LogP contribution in [0.5, 0.6) is 0 Å². The molecule has 2 rings (SSSR count). The predicted molar refractivity (Wildman–Crippen MR) is 86.6 cm³/mol. The fraction of sp³-hybridized carbons (Fsp3) is 0.800. The molecule has 0 aromatic carbocycles. The lowest BCUT2D eigenvalue weighted by Gasteiger charge is -2.42. The summed E-state index contributed by atoms with van der Waals surface area (Å²) in [5.41, 5.74) is 1.15. The Morgan fingerprint density at radius 2 is 2.25 bits per heavy atom. The number of aromatic nitrogens is 1. The van der Waals surface area contributed by atoms with Gasteiger partial charge in [0.2, 0.25) is 0 Å². The molecule has 1 aliphatic heterocycles. The van der Waals surface area contributed by atoms with Crippen LogP contribution in [0, 0.1) is 6.92 Å². The Balaban J connectivity index is 2.05. The fourth-order valence-electron chi connectivity index (χ4n) is 2.84. The van der Waals surface area contributed by atoms with Gasteiger partial charge >= 0.3 is 0 Å². The smallest absolute Gasteiger partial charge is 0.0944 e. The van der Waals surface area contributed by atoms with Crippen LogP contribution in [-0.2, 0) is 6.42 Å². The van der Waals surface area contributed by atoms with Crippen LogP contribution >= 0.6 is 11.3 Å². The van der Waals surface area contributed by atoms with Gasteiger partial charge in [-0.15, -0.1) is 11.3 Å². The topological polar surface area (TPSA) is 31.4 Å². The van der Waals surface area contributed by atoms with Crippen molar-refractivity contribution in [1.29, 1.82) is 0 Å². The number of hydrogen-bond acceptors (Lipinski definition) is 5. The first kappa shape index (κ1) is 15.9. The zero-order valence-corrected chi connectivity index (χ0v) is 14.0. The molecule has 1 saturated heterocycles. The molecule has 114 valence electrons. The van der Waals surface area contributed by atoms with Crippen LogP contribution in [0.25, 0.3) is 0 Å². The maximum absolute atomic E-state index is 4.64. The Bertz CT molecular complexity index is 406. The van der Waals surface area contributed by atoms with E-state index in [0.717, 1.165) is 31.7 Å². The summed E-state index contributed by atoms with van der Waals surface area (Å²) in [6.45, 7) is 8.86. The zero-order chi connectivity index (χ0) is 14.5. The number of aryl methyl sites for hydroxylation is 1. The van der Waals surface area contributed by atoms with E-state index < -0.39 is 0 Å². The van der Waals surface area contributed by atoms with Gasteiger partial charge in [0.15, 0.2) is 0 Å². The molecule has 20 heavy (non-hydrogen) atoms. The van der Waals surface area contributed by atoms with Crippen LogP contribution in [0.1, 0.15) is 24.0 Å². The summed E-state index contributed by atoms with van der Waals surface area (Å²) < 4.78 is 0. The molecule has 1 aromatic heterocycles. The summed E-state index contributed by atoms with van der Waals surface area (Å²) in [6, 6.07) is 1.07. The van der Waals surface area contributed by atoms with E-state index in [-0.39, 0.29) is 0 Å². The van der Waals surface area contributed by atoms with Crippen molar-refractivity contribution >= 4 is 11.3 Å². The lowest BCUT2D eigenvalue weighted by atomic mass is 10.0. The summed E-state index contributed by atoms with van der Waals surface area (Å²) >= 11 is 1.79. The van der Waals surface area contributed by atoms with Gasteiger partial charge in [-0.05, 0) is 34.0 Å². The van der Waals surface area contributed by atoms with Crippen molar-refractivity contribution < 1.29 is 0 Å². The molecule has 1 N–H and O–H groups in total. The molecule has 1 aromatic rings. The average molecular weight is 296 g/mol. The molecule has 2 atom stereocenters. The molecule has 1 fully saturated rings. The van der Waals surface area contributed by atoms with Gasteiger partial charge in [0, 0.05) is 49.2 Å². The first-order chi connectivity index (χ1) is 9.60. The minimum Gasteiger partial charge on any atom is -0.312 e. The summed E-state index contributed by atoms with van der Waals surface area (Å²) in [7, 11) is 4.48. The van der Waals surface area contributed by atoms with E-state index in [1.807, 2.05) is 0 Å². The van der Waals surface area contributed by atoms with Crippen molar-refractivity contribution in [2.24, 2.45) is 0 Å². The van der Waals surface area contributed by atoms with Crippen LogP contribution in [0.15, 0.2) is 5.38 Å². The summed E-state index contributed by atoms with van der Waals surface area (Å²) in [6.07, 6.45) is 2.22. The quantitative estimate of drug-likeness (QED) is 0.864.